The maximum absolute atomic E-state index is 12.8. The Hall–Kier alpha value is -3.58. The van der Waals surface area contributed by atoms with Crippen LogP contribution >= 0.6 is 11.6 Å². The predicted molar refractivity (Wildman–Crippen MR) is 112 cm³/mol. The third-order valence-corrected chi connectivity index (χ3v) is 4.68. The fourth-order valence-electron chi connectivity index (χ4n) is 2.94. The molecule has 0 aliphatic heterocycles. The van der Waals surface area contributed by atoms with Crippen molar-refractivity contribution >= 4 is 28.7 Å². The van der Waals surface area contributed by atoms with Gasteiger partial charge in [-0.3, -0.25) is 9.59 Å². The summed E-state index contributed by atoms with van der Waals surface area (Å²) in [5.41, 5.74) is 2.22. The molecule has 0 bridgehead atoms. The number of methoxy groups -OCH3 is 1. The second-order valence-corrected chi connectivity index (χ2v) is 6.81. The molecular weight excluding hydrogens is 392 g/mol. The maximum atomic E-state index is 12.8. The van der Waals surface area contributed by atoms with Crippen LogP contribution in [-0.4, -0.2) is 27.2 Å². The van der Waals surface area contributed by atoms with E-state index >= 15 is 0 Å². The number of nitrogens with zero attached hydrogens (tertiary/aromatic N) is 3. The molecule has 1 N–H and O–H groups in total. The molecule has 0 aliphatic carbocycles. The molecule has 0 aliphatic rings. The van der Waals surface area contributed by atoms with Crippen molar-refractivity contribution in [2.24, 2.45) is 0 Å². The summed E-state index contributed by atoms with van der Waals surface area (Å²) in [7, 11) is 1.60. The lowest BCUT2D eigenvalue weighted by Crippen LogP contribution is -2.28. The van der Waals surface area contributed by atoms with E-state index in [1.54, 1.807) is 49.8 Å². The molecule has 0 saturated carbocycles. The lowest BCUT2D eigenvalue weighted by molar-refractivity contribution is -0.116. The molecule has 2 aromatic heterocycles. The Bertz CT molecular complexity index is 1230. The SMILES string of the molecule is COc1ccc(-c2cc3c(=O)n(CC(=O)Nc4ccc(Cl)cc4)ccn3n2)cc1. The Morgan fingerprint density at radius 2 is 1.83 bits per heavy atom. The van der Waals surface area contributed by atoms with E-state index in [9.17, 15) is 9.59 Å². The van der Waals surface area contributed by atoms with Crippen molar-refractivity contribution in [3.63, 3.8) is 0 Å². The normalized spacial score (nSPS) is 10.8. The average Bonchev–Trinajstić information content (AvgIpc) is 3.17. The van der Waals surface area contributed by atoms with Crippen LogP contribution in [0.25, 0.3) is 16.8 Å². The molecule has 1 amide bonds. The number of hydrogen-bond donors (Lipinski definition) is 1. The number of anilines is 1. The third kappa shape index (κ3) is 4.00. The summed E-state index contributed by atoms with van der Waals surface area (Å²) in [4.78, 5) is 25.1. The number of rotatable bonds is 5. The minimum Gasteiger partial charge on any atom is -0.497 e. The number of carbonyl (C=O) groups excluding carboxylic acids is 1. The van der Waals surface area contributed by atoms with Gasteiger partial charge in [0.05, 0.1) is 12.8 Å². The fraction of sp³-hybridized carbons (Fsp3) is 0.0952. The molecule has 0 unspecified atom stereocenters. The highest BCUT2D eigenvalue weighted by Crippen LogP contribution is 2.21. The quantitative estimate of drug-likeness (QED) is 0.548. The molecular formula is C21H17ClN4O3. The Morgan fingerprint density at radius 1 is 1.10 bits per heavy atom. The highest BCUT2D eigenvalue weighted by atomic mass is 35.5. The predicted octanol–water partition coefficient (Wildman–Crippen LogP) is 3.46. The Labute approximate surface area is 171 Å². The van der Waals surface area contributed by atoms with Gasteiger partial charge < -0.3 is 14.6 Å². The zero-order valence-electron chi connectivity index (χ0n) is 15.5. The van der Waals surface area contributed by atoms with Crippen LogP contribution in [0, 0.1) is 0 Å². The summed E-state index contributed by atoms with van der Waals surface area (Å²) in [6.07, 6.45) is 3.20. The van der Waals surface area contributed by atoms with Gasteiger partial charge in [-0.05, 0) is 54.6 Å². The number of benzene rings is 2. The second-order valence-electron chi connectivity index (χ2n) is 6.37. The monoisotopic (exact) mass is 408 g/mol. The average molecular weight is 409 g/mol. The summed E-state index contributed by atoms with van der Waals surface area (Å²) >= 11 is 5.84. The molecule has 0 saturated heterocycles. The van der Waals surface area contributed by atoms with Gasteiger partial charge in [0.15, 0.2) is 0 Å². The minimum absolute atomic E-state index is 0.110. The second kappa shape index (κ2) is 7.81. The minimum atomic E-state index is -0.311. The Kier molecular flexibility index (Phi) is 5.05. The van der Waals surface area contributed by atoms with E-state index in [0.717, 1.165) is 11.3 Å². The Balaban J connectivity index is 1.57. The topological polar surface area (TPSA) is 77.6 Å². The van der Waals surface area contributed by atoms with Gasteiger partial charge in [0.25, 0.3) is 5.56 Å². The number of ether oxygens (including phenoxy) is 1. The number of aromatic nitrogens is 3. The number of fused-ring (bicyclic) bond motifs is 1. The van der Waals surface area contributed by atoms with Crippen molar-refractivity contribution in [1.82, 2.24) is 14.2 Å². The van der Waals surface area contributed by atoms with Crippen molar-refractivity contribution in [1.29, 1.82) is 0 Å². The molecule has 0 radical (unpaired) electrons. The van der Waals surface area contributed by atoms with Crippen molar-refractivity contribution in [3.8, 4) is 17.0 Å². The zero-order valence-corrected chi connectivity index (χ0v) is 16.3. The molecule has 146 valence electrons. The van der Waals surface area contributed by atoms with Gasteiger partial charge in [-0.2, -0.15) is 5.10 Å². The maximum Gasteiger partial charge on any atom is 0.277 e. The van der Waals surface area contributed by atoms with Gasteiger partial charge in [-0.15, -0.1) is 0 Å². The van der Waals surface area contributed by atoms with Crippen LogP contribution in [-0.2, 0) is 11.3 Å². The highest BCUT2D eigenvalue weighted by Gasteiger charge is 2.11. The van der Waals surface area contributed by atoms with E-state index < -0.39 is 0 Å². The van der Waals surface area contributed by atoms with Crippen molar-refractivity contribution in [2.45, 2.75) is 6.54 Å². The van der Waals surface area contributed by atoms with Gasteiger partial charge >= 0.3 is 0 Å². The lowest BCUT2D eigenvalue weighted by atomic mass is 10.1. The van der Waals surface area contributed by atoms with Crippen LogP contribution in [0.2, 0.25) is 5.02 Å². The molecule has 0 spiro atoms. The van der Waals surface area contributed by atoms with Crippen molar-refractivity contribution in [3.05, 3.63) is 82.4 Å². The molecule has 2 aromatic carbocycles. The van der Waals surface area contributed by atoms with E-state index in [2.05, 4.69) is 10.4 Å². The van der Waals surface area contributed by atoms with Crippen molar-refractivity contribution < 1.29 is 9.53 Å². The first kappa shape index (κ1) is 18.8. The molecule has 8 heteroatoms. The summed E-state index contributed by atoms with van der Waals surface area (Å²) in [5.74, 6) is 0.431. The van der Waals surface area contributed by atoms with Gasteiger partial charge in [0, 0.05) is 28.7 Å². The van der Waals surface area contributed by atoms with E-state index in [-0.39, 0.29) is 18.0 Å². The van der Waals surface area contributed by atoms with E-state index in [1.807, 2.05) is 24.3 Å². The molecule has 7 nitrogen and oxygen atoms in total. The van der Waals surface area contributed by atoms with Crippen LogP contribution in [0.5, 0.6) is 5.75 Å². The fourth-order valence-corrected chi connectivity index (χ4v) is 3.07. The van der Waals surface area contributed by atoms with Crippen LogP contribution in [0.4, 0.5) is 5.69 Å². The number of hydrogen-bond acceptors (Lipinski definition) is 4. The lowest BCUT2D eigenvalue weighted by Gasteiger charge is -2.07. The Morgan fingerprint density at radius 3 is 2.52 bits per heavy atom. The summed E-state index contributed by atoms with van der Waals surface area (Å²) in [6, 6.07) is 15.9. The number of amides is 1. The third-order valence-electron chi connectivity index (χ3n) is 4.43. The van der Waals surface area contributed by atoms with Crippen LogP contribution in [0.1, 0.15) is 0 Å². The standard InChI is InChI=1S/C21H17ClN4O3/c1-29-17-8-2-14(3-9-17)18-12-19-21(28)25(10-11-26(19)24-18)13-20(27)23-16-6-4-15(22)5-7-16/h2-12H,13H2,1H3,(H,23,27). The summed E-state index contributed by atoms with van der Waals surface area (Å²) in [6.45, 7) is -0.110. The van der Waals surface area contributed by atoms with Crippen LogP contribution < -0.4 is 15.6 Å². The summed E-state index contributed by atoms with van der Waals surface area (Å²) < 4.78 is 8.02. The summed E-state index contributed by atoms with van der Waals surface area (Å²) in [5, 5.41) is 7.77. The molecule has 0 atom stereocenters. The zero-order chi connectivity index (χ0) is 20.4. The highest BCUT2D eigenvalue weighted by molar-refractivity contribution is 6.30. The number of halogens is 1. The largest absolute Gasteiger partial charge is 0.497 e. The van der Waals surface area contributed by atoms with Crippen molar-refractivity contribution in [2.75, 3.05) is 12.4 Å². The first-order valence-electron chi connectivity index (χ1n) is 8.82. The van der Waals surface area contributed by atoms with Gasteiger partial charge in [-0.1, -0.05) is 11.6 Å². The number of nitrogens with one attached hydrogen (secondary N) is 1. The molecule has 0 fully saturated rings. The first-order valence-corrected chi connectivity index (χ1v) is 9.20. The first-order chi connectivity index (χ1) is 14.0. The van der Waals surface area contributed by atoms with E-state index in [1.165, 1.54) is 9.08 Å². The van der Waals surface area contributed by atoms with E-state index in [4.69, 9.17) is 16.3 Å². The van der Waals surface area contributed by atoms with E-state index in [0.29, 0.717) is 21.9 Å². The van der Waals surface area contributed by atoms with Crippen LogP contribution in [0.15, 0.2) is 71.8 Å². The van der Waals surface area contributed by atoms with Gasteiger partial charge in [0.2, 0.25) is 5.91 Å². The molecule has 4 aromatic rings. The van der Waals surface area contributed by atoms with Crippen LogP contribution in [0.3, 0.4) is 0 Å². The smallest absolute Gasteiger partial charge is 0.277 e. The molecule has 29 heavy (non-hydrogen) atoms. The molecule has 2 heterocycles. The van der Waals surface area contributed by atoms with Gasteiger partial charge in [0.1, 0.15) is 17.8 Å². The van der Waals surface area contributed by atoms with Gasteiger partial charge in [-0.25, -0.2) is 4.52 Å². The molecule has 4 rings (SSSR count). The number of carbonyl (C=O) groups is 1.